The van der Waals surface area contributed by atoms with Crippen LogP contribution in [-0.2, 0) is 29.8 Å². The van der Waals surface area contributed by atoms with E-state index in [1.165, 1.54) is 0 Å². The summed E-state index contributed by atoms with van der Waals surface area (Å²) >= 11 is 7.10. The largest absolute Gasteiger partial charge is 0.444 e. The number of nitrogens with zero attached hydrogens (tertiary/aromatic N) is 6. The van der Waals surface area contributed by atoms with E-state index in [0.29, 0.717) is 51.8 Å². The summed E-state index contributed by atoms with van der Waals surface area (Å²) in [6.07, 6.45) is 6.75. The van der Waals surface area contributed by atoms with Crippen LogP contribution >= 0.6 is 11.6 Å². The fourth-order valence-corrected chi connectivity index (χ4v) is 8.34. The average Bonchev–Trinajstić information content (AvgIpc) is 3.62. The van der Waals surface area contributed by atoms with Gasteiger partial charge in [-0.25, -0.2) is 4.79 Å². The molecule has 12 nitrogen and oxygen atoms in total. The summed E-state index contributed by atoms with van der Waals surface area (Å²) in [7, 11) is 0.471. The molecule has 2 aliphatic rings. The number of amides is 1. The van der Waals surface area contributed by atoms with Crippen molar-refractivity contribution in [2.75, 3.05) is 11.5 Å². The van der Waals surface area contributed by atoms with Gasteiger partial charge in [-0.1, -0.05) is 37.3 Å². The molecule has 50 heavy (non-hydrogen) atoms. The zero-order valence-corrected chi connectivity index (χ0v) is 32.6. The number of aliphatic hydroxyl groups is 1. The quantitative estimate of drug-likeness (QED) is 0.140. The van der Waals surface area contributed by atoms with E-state index >= 15 is 0 Å². The molecule has 2 bridgehead atoms. The van der Waals surface area contributed by atoms with E-state index in [4.69, 9.17) is 26.1 Å². The van der Waals surface area contributed by atoms with Crippen LogP contribution in [0.25, 0.3) is 33.1 Å². The third kappa shape index (κ3) is 7.75. The molecule has 3 aromatic heterocycles. The van der Waals surface area contributed by atoms with Crippen molar-refractivity contribution < 1.29 is 19.4 Å². The number of carbonyl (C=O) groups is 1. The molecule has 1 aromatic carbocycles. The van der Waals surface area contributed by atoms with Crippen LogP contribution in [0.15, 0.2) is 29.3 Å². The molecule has 2 fully saturated rings. The second-order valence-electron chi connectivity index (χ2n) is 16.9. The van der Waals surface area contributed by atoms with Gasteiger partial charge in [0.2, 0.25) is 5.95 Å². The normalized spacial score (nSPS) is 19.9. The molecule has 14 heteroatoms. The minimum absolute atomic E-state index is 0.0144. The van der Waals surface area contributed by atoms with Gasteiger partial charge in [0, 0.05) is 68.8 Å². The topological polar surface area (TPSA) is 129 Å². The Balaban J connectivity index is 1.38. The summed E-state index contributed by atoms with van der Waals surface area (Å²) in [5.41, 5.74) is 0.959. The van der Waals surface area contributed by atoms with Crippen LogP contribution in [0.5, 0.6) is 0 Å². The first-order valence-corrected chi connectivity index (χ1v) is 21.7. The highest BCUT2D eigenvalue weighted by molar-refractivity contribution is 6.76. The summed E-state index contributed by atoms with van der Waals surface area (Å²) < 4.78 is 17.0. The van der Waals surface area contributed by atoms with E-state index in [0.717, 1.165) is 37.1 Å². The zero-order chi connectivity index (χ0) is 36.3. The van der Waals surface area contributed by atoms with E-state index in [2.05, 4.69) is 35.0 Å². The summed E-state index contributed by atoms with van der Waals surface area (Å²) in [4.78, 5) is 34.6. The van der Waals surface area contributed by atoms with E-state index in [9.17, 15) is 14.7 Å². The molecule has 272 valence electrons. The third-order valence-corrected chi connectivity index (χ3v) is 11.6. The Hall–Kier alpha value is -3.39. The van der Waals surface area contributed by atoms with Gasteiger partial charge >= 0.3 is 6.09 Å². The van der Waals surface area contributed by atoms with Crippen molar-refractivity contribution in [2.24, 2.45) is 7.05 Å². The van der Waals surface area contributed by atoms with Gasteiger partial charge in [0.05, 0.1) is 28.1 Å². The van der Waals surface area contributed by atoms with Crippen molar-refractivity contribution in [3.63, 3.8) is 0 Å². The number of hydrogen-bond donors (Lipinski definition) is 2. The molecule has 2 unspecified atom stereocenters. The Morgan fingerprint density at radius 3 is 2.38 bits per heavy atom. The molecule has 0 radical (unpaired) electrons. The maximum absolute atomic E-state index is 14.5. The van der Waals surface area contributed by atoms with E-state index in [1.54, 1.807) is 30.1 Å². The minimum Gasteiger partial charge on any atom is -0.444 e. The van der Waals surface area contributed by atoms with Crippen molar-refractivity contribution in [3.8, 4) is 11.1 Å². The SMILES string of the molecule is Cn1c(N2C3CCC2CC(NC(=O)OC(C)(C)C)C3)nc2c(c(-c3ccc4nn(CC(C)(C)O)cc4c3Cl)cn2COCC[Si](C)(C)C)c1=O. The number of benzene rings is 1. The number of piperidine rings is 1. The van der Waals surface area contributed by atoms with Crippen LogP contribution in [0.3, 0.4) is 0 Å². The van der Waals surface area contributed by atoms with Gasteiger partial charge in [0.15, 0.2) is 5.65 Å². The molecule has 0 aliphatic carbocycles. The Morgan fingerprint density at radius 2 is 1.76 bits per heavy atom. The molecule has 4 aromatic rings. The summed E-state index contributed by atoms with van der Waals surface area (Å²) in [6, 6.07) is 5.04. The second kappa shape index (κ2) is 13.3. The van der Waals surface area contributed by atoms with Crippen LogP contribution in [0.1, 0.15) is 60.3 Å². The molecular weight excluding hydrogens is 674 g/mol. The number of halogens is 1. The maximum Gasteiger partial charge on any atom is 0.407 e. The van der Waals surface area contributed by atoms with Crippen molar-refractivity contribution in [2.45, 2.75) is 129 Å². The Labute approximate surface area is 299 Å². The van der Waals surface area contributed by atoms with Crippen LogP contribution in [0, 0.1) is 0 Å². The molecule has 1 amide bonds. The molecule has 6 rings (SSSR count). The number of alkyl carbamates (subject to hydrolysis) is 1. The van der Waals surface area contributed by atoms with Gasteiger partial charge in [-0.3, -0.25) is 14.0 Å². The predicted octanol–water partition coefficient (Wildman–Crippen LogP) is 6.51. The molecule has 2 aliphatic heterocycles. The van der Waals surface area contributed by atoms with E-state index in [1.807, 2.05) is 49.9 Å². The lowest BCUT2D eigenvalue weighted by Crippen LogP contribution is -2.52. The van der Waals surface area contributed by atoms with Gasteiger partial charge in [0.25, 0.3) is 5.56 Å². The highest BCUT2D eigenvalue weighted by Gasteiger charge is 2.43. The number of rotatable bonds is 10. The molecule has 0 saturated carbocycles. The lowest BCUT2D eigenvalue weighted by Gasteiger charge is -2.40. The molecule has 2 atom stereocenters. The van der Waals surface area contributed by atoms with Gasteiger partial charge in [-0.05, 0) is 72.4 Å². The first-order chi connectivity index (χ1) is 23.3. The molecule has 2 saturated heterocycles. The number of anilines is 1. The third-order valence-electron chi connectivity index (χ3n) is 9.50. The summed E-state index contributed by atoms with van der Waals surface area (Å²) in [6.45, 7) is 17.2. The van der Waals surface area contributed by atoms with E-state index < -0.39 is 25.4 Å². The minimum atomic E-state index is -1.31. The molecule has 5 heterocycles. The number of hydrogen-bond acceptors (Lipinski definition) is 8. The summed E-state index contributed by atoms with van der Waals surface area (Å²) in [5, 5.41) is 19.8. The monoisotopic (exact) mass is 725 g/mol. The van der Waals surface area contributed by atoms with Crippen molar-refractivity contribution in [1.29, 1.82) is 0 Å². The standard InChI is InChI=1S/C36H52ClN7O5Si/c1-35(2,3)49-34(46)38-22-16-23-10-11-24(17-22)44(23)33-39-31-29(32(45)41(33)6)26(18-42(31)21-48-14-15-50(7,8)9)25-12-13-28-27(30(25)37)19-43(40-28)20-36(4,5)47/h12-13,18-19,22-24,47H,10-11,14-17,20-21H2,1-9H3,(H,38,46). The Morgan fingerprint density at radius 1 is 1.08 bits per heavy atom. The van der Waals surface area contributed by atoms with Gasteiger partial charge < -0.3 is 29.4 Å². The first kappa shape index (κ1) is 36.4. The fourth-order valence-electron chi connectivity index (χ4n) is 7.27. The lowest BCUT2D eigenvalue weighted by atomic mass is 9.98. The fraction of sp³-hybridized carbons (Fsp3) is 0.611. The number of nitrogens with one attached hydrogen (secondary N) is 1. The highest BCUT2D eigenvalue weighted by Crippen LogP contribution is 2.41. The van der Waals surface area contributed by atoms with Crippen LogP contribution in [-0.4, -0.2) is 79.1 Å². The Bertz CT molecular complexity index is 1950. The molecule has 2 N–H and O–H groups in total. The lowest BCUT2D eigenvalue weighted by molar-refractivity contribution is 0.0491. The van der Waals surface area contributed by atoms with Gasteiger partial charge in [0.1, 0.15) is 12.3 Å². The average molecular weight is 726 g/mol. The van der Waals surface area contributed by atoms with Gasteiger partial charge in [-0.15, -0.1) is 0 Å². The van der Waals surface area contributed by atoms with Crippen molar-refractivity contribution >= 4 is 53.7 Å². The molecule has 0 spiro atoms. The van der Waals surface area contributed by atoms with Crippen LogP contribution in [0.2, 0.25) is 30.7 Å². The van der Waals surface area contributed by atoms with Crippen LogP contribution < -0.4 is 15.8 Å². The number of ether oxygens (including phenoxy) is 2. The van der Waals surface area contributed by atoms with E-state index in [-0.39, 0.29) is 30.4 Å². The number of carbonyl (C=O) groups excluding carboxylic acids is 1. The second-order valence-corrected chi connectivity index (χ2v) is 22.9. The number of aromatic nitrogens is 5. The molecular formula is C36H52ClN7O5Si. The van der Waals surface area contributed by atoms with Crippen LogP contribution in [0.4, 0.5) is 10.7 Å². The van der Waals surface area contributed by atoms with Gasteiger partial charge in [-0.2, -0.15) is 10.1 Å². The maximum atomic E-state index is 14.5. The van der Waals surface area contributed by atoms with Crippen molar-refractivity contribution in [1.82, 2.24) is 29.2 Å². The highest BCUT2D eigenvalue weighted by atomic mass is 35.5. The summed E-state index contributed by atoms with van der Waals surface area (Å²) in [5.74, 6) is 0.619. The zero-order valence-electron chi connectivity index (χ0n) is 30.8. The number of fused-ring (bicyclic) bond motifs is 4. The van der Waals surface area contributed by atoms with Crippen molar-refractivity contribution in [3.05, 3.63) is 39.9 Å². The smallest absolute Gasteiger partial charge is 0.407 e. The Kier molecular flexibility index (Phi) is 9.68. The first-order valence-electron chi connectivity index (χ1n) is 17.6. The predicted molar refractivity (Wildman–Crippen MR) is 201 cm³/mol.